The quantitative estimate of drug-likeness (QED) is 0.600. The summed E-state index contributed by atoms with van der Waals surface area (Å²) >= 11 is 1.26. The van der Waals surface area contributed by atoms with Crippen LogP contribution in [-0.4, -0.2) is 52.0 Å². The Morgan fingerprint density at radius 3 is 2.36 bits per heavy atom. The zero-order valence-corrected chi connectivity index (χ0v) is 18.0. The van der Waals surface area contributed by atoms with Gasteiger partial charge in [0, 0.05) is 30.9 Å². The van der Waals surface area contributed by atoms with Gasteiger partial charge in [-0.25, -0.2) is 14.8 Å². The van der Waals surface area contributed by atoms with Gasteiger partial charge >= 0.3 is 12.2 Å². The highest BCUT2D eigenvalue weighted by Gasteiger charge is 2.43. The summed E-state index contributed by atoms with van der Waals surface area (Å²) in [4.78, 5) is 37.4. The normalized spacial score (nSPS) is 20.3. The van der Waals surface area contributed by atoms with Crippen molar-refractivity contribution < 1.29 is 22.8 Å². The highest BCUT2D eigenvalue weighted by Crippen LogP contribution is 2.39. The number of hydrogen-bond donors (Lipinski definition) is 2. The lowest BCUT2D eigenvalue weighted by Gasteiger charge is -2.41. The van der Waals surface area contributed by atoms with Crippen molar-refractivity contribution in [2.45, 2.75) is 31.1 Å². The Balaban J connectivity index is 1.32. The first kappa shape index (κ1) is 21.4. The van der Waals surface area contributed by atoms with E-state index in [-0.39, 0.29) is 18.1 Å². The zero-order chi connectivity index (χ0) is 23.3. The maximum Gasteiger partial charge on any atom is 0.416 e. The van der Waals surface area contributed by atoms with Crippen molar-refractivity contribution in [2.24, 2.45) is 5.73 Å². The van der Waals surface area contributed by atoms with Crippen molar-refractivity contribution in [3.05, 3.63) is 47.1 Å². The predicted molar refractivity (Wildman–Crippen MR) is 117 cm³/mol. The summed E-state index contributed by atoms with van der Waals surface area (Å²) in [5, 5.41) is 2.69. The Kier molecular flexibility index (Phi) is 5.11. The second-order valence-corrected chi connectivity index (χ2v) is 9.14. The molecule has 3 amide bonds. The molecule has 33 heavy (non-hydrogen) atoms. The summed E-state index contributed by atoms with van der Waals surface area (Å²) in [7, 11) is 0. The molecule has 2 aromatic heterocycles. The van der Waals surface area contributed by atoms with E-state index in [0.717, 1.165) is 35.5 Å². The van der Waals surface area contributed by atoms with E-state index in [4.69, 9.17) is 5.73 Å². The van der Waals surface area contributed by atoms with Gasteiger partial charge in [0.25, 0.3) is 5.91 Å². The van der Waals surface area contributed by atoms with E-state index in [2.05, 4.69) is 20.2 Å². The number of carbonyl (C=O) groups is 2. The molecule has 0 radical (unpaired) electrons. The van der Waals surface area contributed by atoms with Gasteiger partial charge in [-0.1, -0.05) is 0 Å². The third-order valence-electron chi connectivity index (χ3n) is 6.01. The van der Waals surface area contributed by atoms with Crippen LogP contribution in [0.2, 0.25) is 0 Å². The van der Waals surface area contributed by atoms with Gasteiger partial charge in [0.1, 0.15) is 6.33 Å². The number of primary amides is 1. The Bertz CT molecular complexity index is 1210. The molecule has 0 saturated carbocycles. The second-order valence-electron chi connectivity index (χ2n) is 8.09. The standard InChI is InChI=1S/C21H19F3N6O2S/c22-21(23,24)11-1-3-12(4-2-11)28-20(32)29-8-13-5-6-14(9-29)30(13)19-17-15(26-10-27-19)7-16(33-17)18(25)31/h1-4,7,10,13-14H,5-6,8-9H2,(H2,25,31)(H,28,32)/t13-,14+. The van der Waals surface area contributed by atoms with Gasteiger partial charge in [-0.3, -0.25) is 4.79 Å². The maximum absolute atomic E-state index is 12.8. The molecule has 2 atom stereocenters. The fourth-order valence-corrected chi connectivity index (χ4v) is 5.46. The average molecular weight is 476 g/mol. The van der Waals surface area contributed by atoms with Crippen molar-refractivity contribution in [2.75, 3.05) is 23.3 Å². The van der Waals surface area contributed by atoms with E-state index in [1.165, 1.54) is 29.8 Å². The Morgan fingerprint density at radius 2 is 1.76 bits per heavy atom. The highest BCUT2D eigenvalue weighted by atomic mass is 32.1. The predicted octanol–water partition coefficient (Wildman–Crippen LogP) is 3.69. The van der Waals surface area contributed by atoms with Crippen LogP contribution in [0.15, 0.2) is 36.7 Å². The van der Waals surface area contributed by atoms with Crippen molar-refractivity contribution in [1.29, 1.82) is 0 Å². The molecule has 4 heterocycles. The summed E-state index contributed by atoms with van der Waals surface area (Å²) in [5.41, 5.74) is 5.61. The van der Waals surface area contributed by atoms with E-state index in [1.54, 1.807) is 11.0 Å². The molecule has 3 N–H and O–H groups in total. The first-order valence-electron chi connectivity index (χ1n) is 10.3. The number of nitrogens with two attached hydrogens (primary N) is 1. The lowest BCUT2D eigenvalue weighted by molar-refractivity contribution is -0.137. The van der Waals surface area contributed by atoms with Crippen LogP contribution in [0.3, 0.4) is 0 Å². The smallest absolute Gasteiger partial charge is 0.365 e. The number of anilines is 2. The van der Waals surface area contributed by atoms with Crippen LogP contribution in [0, 0.1) is 0 Å². The number of rotatable bonds is 3. The summed E-state index contributed by atoms with van der Waals surface area (Å²) in [5.74, 6) is 0.212. The topological polar surface area (TPSA) is 104 Å². The molecule has 172 valence electrons. The van der Waals surface area contributed by atoms with Gasteiger partial charge in [-0.15, -0.1) is 11.3 Å². The number of hydrogen-bond acceptors (Lipinski definition) is 6. The molecule has 0 unspecified atom stereocenters. The van der Waals surface area contributed by atoms with Crippen molar-refractivity contribution in [3.8, 4) is 0 Å². The molecule has 2 aliphatic heterocycles. The number of alkyl halides is 3. The third kappa shape index (κ3) is 3.94. The molecule has 1 aromatic carbocycles. The molecule has 0 spiro atoms. The largest absolute Gasteiger partial charge is 0.416 e. The monoisotopic (exact) mass is 476 g/mol. The van der Waals surface area contributed by atoms with Crippen LogP contribution in [0.4, 0.5) is 29.5 Å². The minimum Gasteiger partial charge on any atom is -0.365 e. The minimum atomic E-state index is -4.43. The number of amides is 3. The molecule has 2 aliphatic rings. The molecule has 2 fully saturated rings. The zero-order valence-electron chi connectivity index (χ0n) is 17.2. The molecule has 2 bridgehead atoms. The molecule has 2 saturated heterocycles. The number of likely N-dealkylation sites (tertiary alicyclic amines) is 1. The Labute approximate surface area is 190 Å². The first-order valence-corrected chi connectivity index (χ1v) is 11.1. The molecular formula is C21H19F3N6O2S. The van der Waals surface area contributed by atoms with Gasteiger partial charge in [-0.2, -0.15) is 13.2 Å². The summed E-state index contributed by atoms with van der Waals surface area (Å²) in [6, 6.07) is 5.73. The maximum atomic E-state index is 12.8. The lowest BCUT2D eigenvalue weighted by Crippen LogP contribution is -2.56. The number of benzene rings is 1. The number of nitrogens with zero attached hydrogens (tertiary/aromatic N) is 4. The van der Waals surface area contributed by atoms with Gasteiger partial charge in [0.05, 0.1) is 20.7 Å². The molecule has 12 heteroatoms. The summed E-state index contributed by atoms with van der Waals surface area (Å²) in [6.45, 7) is 0.894. The van der Waals surface area contributed by atoms with Crippen LogP contribution in [0.5, 0.6) is 0 Å². The number of thiophene rings is 1. The molecule has 0 aliphatic carbocycles. The number of nitrogens with one attached hydrogen (secondary N) is 1. The van der Waals surface area contributed by atoms with Gasteiger partial charge in [0.2, 0.25) is 0 Å². The van der Waals surface area contributed by atoms with Gasteiger partial charge in [0.15, 0.2) is 5.82 Å². The van der Waals surface area contributed by atoms with Crippen molar-refractivity contribution in [3.63, 3.8) is 0 Å². The number of piperazine rings is 1. The first-order chi connectivity index (χ1) is 15.7. The molecular weight excluding hydrogens is 457 g/mol. The SMILES string of the molecule is NC(=O)c1cc2ncnc(N3[C@@H]4CC[C@H]3CN(C(=O)Nc3ccc(C(F)(F)F)cc3)C4)c2s1. The van der Waals surface area contributed by atoms with Crippen molar-refractivity contribution >= 4 is 45.0 Å². The number of fused-ring (bicyclic) bond motifs is 3. The fourth-order valence-electron chi connectivity index (χ4n) is 4.51. The number of halogens is 3. The van der Waals surface area contributed by atoms with E-state index in [1.807, 2.05) is 0 Å². The van der Waals surface area contributed by atoms with Crippen LogP contribution >= 0.6 is 11.3 Å². The van der Waals surface area contributed by atoms with Crippen molar-refractivity contribution in [1.82, 2.24) is 14.9 Å². The second kappa shape index (κ2) is 7.87. The number of aromatic nitrogens is 2. The van der Waals surface area contributed by atoms with Crippen LogP contribution < -0.4 is 16.0 Å². The number of carbonyl (C=O) groups excluding carboxylic acids is 2. The van der Waals surface area contributed by atoms with Gasteiger partial charge in [-0.05, 0) is 43.2 Å². The minimum absolute atomic E-state index is 0.0272. The molecule has 3 aromatic rings. The Hall–Kier alpha value is -3.41. The van der Waals surface area contributed by atoms with Crippen LogP contribution in [0.1, 0.15) is 28.1 Å². The highest BCUT2D eigenvalue weighted by molar-refractivity contribution is 7.21. The molecule has 8 nitrogen and oxygen atoms in total. The lowest BCUT2D eigenvalue weighted by atomic mass is 10.2. The van der Waals surface area contributed by atoms with E-state index >= 15 is 0 Å². The number of urea groups is 1. The van der Waals surface area contributed by atoms with E-state index < -0.39 is 17.6 Å². The van der Waals surface area contributed by atoms with Crippen LogP contribution in [0.25, 0.3) is 10.2 Å². The van der Waals surface area contributed by atoms with Gasteiger partial charge < -0.3 is 20.9 Å². The summed E-state index contributed by atoms with van der Waals surface area (Å²) in [6.07, 6.45) is -1.23. The van der Waals surface area contributed by atoms with E-state index in [0.29, 0.717) is 29.2 Å². The Morgan fingerprint density at radius 1 is 1.09 bits per heavy atom. The van der Waals surface area contributed by atoms with E-state index in [9.17, 15) is 22.8 Å². The molecule has 5 rings (SSSR count). The summed E-state index contributed by atoms with van der Waals surface area (Å²) < 4.78 is 39.0. The fraction of sp³-hybridized carbons (Fsp3) is 0.333. The third-order valence-corrected chi connectivity index (χ3v) is 7.15. The van der Waals surface area contributed by atoms with Crippen LogP contribution in [-0.2, 0) is 6.18 Å². The average Bonchev–Trinajstić information content (AvgIpc) is 3.32.